The van der Waals surface area contributed by atoms with E-state index in [0.717, 1.165) is 14.8 Å². The van der Waals surface area contributed by atoms with Crippen LogP contribution in [0, 0.1) is 6.92 Å². The molecule has 0 saturated carbocycles. The highest BCUT2D eigenvalue weighted by molar-refractivity contribution is 9.12. The average Bonchev–Trinajstić information content (AvgIpc) is 2.69. The minimum atomic E-state index is 0.216. The maximum atomic E-state index is 3.66. The number of halogens is 3. The van der Waals surface area contributed by atoms with E-state index in [-0.39, 0.29) is 6.04 Å². The molecule has 0 saturated heterocycles. The Balaban J connectivity index is 2.44. The molecule has 0 radical (unpaired) electrons. The van der Waals surface area contributed by atoms with Crippen molar-refractivity contribution < 1.29 is 0 Å². The minimum absolute atomic E-state index is 0.216. The molecule has 2 rings (SSSR count). The first-order valence-corrected chi connectivity index (χ1v) is 9.16. The number of hydrogen-bond acceptors (Lipinski definition) is 2. The van der Waals surface area contributed by atoms with Crippen LogP contribution in [-0.4, -0.2) is 6.54 Å². The number of hydrogen-bond donors (Lipinski definition) is 1. The summed E-state index contributed by atoms with van der Waals surface area (Å²) in [5.41, 5.74) is 3.82. The fourth-order valence-electron chi connectivity index (χ4n) is 2.01. The SMILES string of the molecule is CCNC(c1ccc(Br)c(C)c1)c1cc(Br)sc1Br. The normalized spacial score (nSPS) is 12.7. The molecule has 19 heavy (non-hydrogen) atoms. The van der Waals surface area contributed by atoms with E-state index in [0.29, 0.717) is 0 Å². The Labute approximate surface area is 143 Å². The first-order chi connectivity index (χ1) is 9.02. The topological polar surface area (TPSA) is 12.0 Å². The molecule has 1 heterocycles. The van der Waals surface area contributed by atoms with Gasteiger partial charge in [-0.2, -0.15) is 0 Å². The monoisotopic (exact) mass is 465 g/mol. The van der Waals surface area contributed by atoms with Crippen LogP contribution in [0.5, 0.6) is 0 Å². The van der Waals surface area contributed by atoms with Crippen molar-refractivity contribution in [3.8, 4) is 0 Å². The lowest BCUT2D eigenvalue weighted by molar-refractivity contribution is 0.630. The minimum Gasteiger partial charge on any atom is -0.306 e. The third-order valence-corrected chi connectivity index (χ3v) is 6.19. The molecule has 0 bridgehead atoms. The molecule has 0 aliphatic heterocycles. The molecule has 0 amide bonds. The van der Waals surface area contributed by atoms with Gasteiger partial charge in [-0.1, -0.05) is 35.0 Å². The summed E-state index contributed by atoms with van der Waals surface area (Å²) >= 11 is 12.5. The summed E-state index contributed by atoms with van der Waals surface area (Å²) in [7, 11) is 0. The van der Waals surface area contributed by atoms with Gasteiger partial charge in [-0.3, -0.25) is 0 Å². The molecule has 1 aromatic heterocycles. The highest BCUT2D eigenvalue weighted by Gasteiger charge is 2.18. The van der Waals surface area contributed by atoms with Crippen LogP contribution < -0.4 is 5.32 Å². The van der Waals surface area contributed by atoms with Gasteiger partial charge >= 0.3 is 0 Å². The highest BCUT2D eigenvalue weighted by Crippen LogP contribution is 2.38. The molecule has 1 aromatic carbocycles. The number of nitrogens with one attached hydrogen (secondary N) is 1. The summed E-state index contributed by atoms with van der Waals surface area (Å²) in [5.74, 6) is 0. The van der Waals surface area contributed by atoms with Crippen LogP contribution in [0.2, 0.25) is 0 Å². The molecular formula is C14H14Br3NS. The van der Waals surface area contributed by atoms with E-state index >= 15 is 0 Å². The van der Waals surface area contributed by atoms with Crippen LogP contribution in [0.4, 0.5) is 0 Å². The summed E-state index contributed by atoms with van der Waals surface area (Å²) in [6.45, 7) is 5.18. The number of thiophene rings is 1. The van der Waals surface area contributed by atoms with Crippen molar-refractivity contribution in [2.45, 2.75) is 19.9 Å². The third kappa shape index (κ3) is 3.70. The lowest BCUT2D eigenvalue weighted by atomic mass is 9.99. The first kappa shape index (κ1) is 15.7. The zero-order valence-electron chi connectivity index (χ0n) is 10.6. The van der Waals surface area contributed by atoms with Crippen LogP contribution in [0.1, 0.15) is 29.7 Å². The van der Waals surface area contributed by atoms with Crippen LogP contribution in [0.25, 0.3) is 0 Å². The van der Waals surface area contributed by atoms with Crippen molar-refractivity contribution in [1.82, 2.24) is 5.32 Å². The van der Waals surface area contributed by atoms with Crippen molar-refractivity contribution in [2.24, 2.45) is 0 Å². The van der Waals surface area contributed by atoms with Gasteiger partial charge in [0.1, 0.15) is 0 Å². The van der Waals surface area contributed by atoms with Gasteiger partial charge in [-0.25, -0.2) is 0 Å². The van der Waals surface area contributed by atoms with Gasteiger partial charge in [0.15, 0.2) is 0 Å². The standard InChI is InChI=1S/C14H14Br3NS/c1-3-18-13(10-7-12(16)19-14(10)17)9-4-5-11(15)8(2)6-9/h4-7,13,18H,3H2,1-2H3. The quantitative estimate of drug-likeness (QED) is 0.577. The van der Waals surface area contributed by atoms with Gasteiger partial charge < -0.3 is 5.32 Å². The van der Waals surface area contributed by atoms with E-state index in [1.54, 1.807) is 11.3 Å². The lowest BCUT2D eigenvalue weighted by Gasteiger charge is -2.19. The molecule has 1 unspecified atom stereocenters. The molecule has 0 aliphatic rings. The molecule has 1 nitrogen and oxygen atoms in total. The largest absolute Gasteiger partial charge is 0.306 e. The molecule has 1 atom stereocenters. The summed E-state index contributed by atoms with van der Waals surface area (Å²) in [6, 6.07) is 8.91. The molecule has 0 aliphatic carbocycles. The fraction of sp³-hybridized carbons (Fsp3) is 0.286. The Morgan fingerprint density at radius 3 is 2.47 bits per heavy atom. The second-order valence-corrected chi connectivity index (χ2v) is 8.88. The molecule has 102 valence electrons. The molecule has 0 spiro atoms. The Morgan fingerprint density at radius 1 is 1.21 bits per heavy atom. The van der Waals surface area contributed by atoms with Crippen LogP contribution >= 0.6 is 59.1 Å². The maximum Gasteiger partial charge on any atom is 0.0761 e. The maximum absolute atomic E-state index is 3.66. The zero-order chi connectivity index (χ0) is 14.0. The highest BCUT2D eigenvalue weighted by atomic mass is 79.9. The van der Waals surface area contributed by atoms with Gasteiger partial charge in [-0.15, -0.1) is 11.3 Å². The molecular weight excluding hydrogens is 454 g/mol. The van der Waals surface area contributed by atoms with E-state index in [4.69, 9.17) is 0 Å². The third-order valence-electron chi connectivity index (χ3n) is 2.92. The van der Waals surface area contributed by atoms with E-state index in [2.05, 4.69) is 91.2 Å². The van der Waals surface area contributed by atoms with E-state index in [1.165, 1.54) is 20.5 Å². The number of rotatable bonds is 4. The molecule has 5 heteroatoms. The average molecular weight is 468 g/mol. The van der Waals surface area contributed by atoms with Gasteiger partial charge in [0.25, 0.3) is 0 Å². The van der Waals surface area contributed by atoms with Crippen molar-refractivity contribution in [3.63, 3.8) is 0 Å². The molecule has 0 fully saturated rings. The summed E-state index contributed by atoms with van der Waals surface area (Å²) in [6.07, 6.45) is 0. The predicted octanol–water partition coefficient (Wildman–Crippen LogP) is 6.04. The smallest absolute Gasteiger partial charge is 0.0761 e. The first-order valence-electron chi connectivity index (χ1n) is 5.97. The number of benzene rings is 1. The van der Waals surface area contributed by atoms with Crippen LogP contribution in [-0.2, 0) is 0 Å². The van der Waals surface area contributed by atoms with Gasteiger partial charge in [0.2, 0.25) is 0 Å². The second kappa shape index (κ2) is 6.85. The Hall–Kier alpha value is 0.320. The number of aryl methyl sites for hydroxylation is 1. The van der Waals surface area contributed by atoms with Gasteiger partial charge in [-0.05, 0) is 74.2 Å². The molecule has 1 N–H and O–H groups in total. The Bertz CT molecular complexity index is 580. The van der Waals surface area contributed by atoms with Crippen molar-refractivity contribution in [2.75, 3.05) is 6.54 Å². The van der Waals surface area contributed by atoms with Crippen molar-refractivity contribution in [3.05, 3.63) is 53.0 Å². The summed E-state index contributed by atoms with van der Waals surface area (Å²) < 4.78 is 3.47. The summed E-state index contributed by atoms with van der Waals surface area (Å²) in [4.78, 5) is 0. The van der Waals surface area contributed by atoms with Gasteiger partial charge in [0, 0.05) is 4.47 Å². The predicted molar refractivity (Wildman–Crippen MR) is 94.1 cm³/mol. The van der Waals surface area contributed by atoms with E-state index in [9.17, 15) is 0 Å². The lowest BCUT2D eigenvalue weighted by Crippen LogP contribution is -2.21. The van der Waals surface area contributed by atoms with Crippen molar-refractivity contribution in [1.29, 1.82) is 0 Å². The zero-order valence-corrected chi connectivity index (χ0v) is 16.2. The van der Waals surface area contributed by atoms with Crippen LogP contribution in [0.15, 0.2) is 36.3 Å². The Morgan fingerprint density at radius 2 is 1.95 bits per heavy atom. The van der Waals surface area contributed by atoms with E-state index in [1.807, 2.05) is 0 Å². The van der Waals surface area contributed by atoms with Crippen molar-refractivity contribution >= 4 is 59.1 Å². The van der Waals surface area contributed by atoms with E-state index < -0.39 is 0 Å². The summed E-state index contributed by atoms with van der Waals surface area (Å²) in [5, 5.41) is 3.56. The molecule has 2 aromatic rings. The van der Waals surface area contributed by atoms with Gasteiger partial charge in [0.05, 0.1) is 13.6 Å². The second-order valence-electron chi connectivity index (χ2n) is 4.28. The van der Waals surface area contributed by atoms with Crippen LogP contribution in [0.3, 0.4) is 0 Å². The Kier molecular flexibility index (Phi) is 5.66. The fourth-order valence-corrected chi connectivity index (χ4v) is 5.16.